The van der Waals surface area contributed by atoms with E-state index in [1.54, 1.807) is 14.2 Å². The highest BCUT2D eigenvalue weighted by Crippen LogP contribution is 2.07. The average Bonchev–Trinajstić information content (AvgIpc) is 2.14. The molecule has 1 saturated heterocycles. The van der Waals surface area contributed by atoms with Crippen LogP contribution in [0.3, 0.4) is 0 Å². The molecule has 4 heteroatoms. The van der Waals surface area contributed by atoms with Crippen molar-refractivity contribution < 1.29 is 14.3 Å². The third-order valence-electron chi connectivity index (χ3n) is 1.41. The summed E-state index contributed by atoms with van der Waals surface area (Å²) in [6, 6.07) is 0. The Balaban J connectivity index is 2.34. The molecule has 0 unspecified atom stereocenters. The van der Waals surface area contributed by atoms with Gasteiger partial charge in [0, 0.05) is 14.2 Å². The number of carbonyl (C=O) groups is 1. The molecule has 1 aliphatic heterocycles. The molecule has 0 aromatic heterocycles. The molecule has 1 atom stereocenters. The van der Waals surface area contributed by atoms with Gasteiger partial charge in [-0.1, -0.05) is 0 Å². The Hall–Kier alpha value is -0.770. The molecule has 0 N–H and O–H groups in total. The number of carbonyl (C=O) groups excluding carboxylic acids is 1. The van der Waals surface area contributed by atoms with E-state index in [4.69, 9.17) is 9.47 Å². The topological polar surface area (TPSA) is 38.8 Å². The van der Waals surface area contributed by atoms with Crippen molar-refractivity contribution in [3.8, 4) is 0 Å². The van der Waals surface area contributed by atoms with Crippen LogP contribution in [0.1, 0.15) is 0 Å². The second-order valence-corrected chi connectivity index (χ2v) is 2.34. The summed E-state index contributed by atoms with van der Waals surface area (Å²) in [5.41, 5.74) is 0. The van der Waals surface area contributed by atoms with E-state index in [0.29, 0.717) is 13.2 Å². The first kappa shape index (κ1) is 7.34. The Morgan fingerprint density at radius 2 is 2.60 bits per heavy atom. The fourth-order valence-electron chi connectivity index (χ4n) is 0.922. The molecule has 1 rings (SSSR count). The number of cyclic esters (lactones) is 1. The first-order chi connectivity index (χ1) is 4.74. The van der Waals surface area contributed by atoms with Crippen LogP contribution in [0.4, 0.5) is 4.79 Å². The van der Waals surface area contributed by atoms with E-state index in [9.17, 15) is 4.79 Å². The van der Waals surface area contributed by atoms with Crippen LogP contribution in [0.5, 0.6) is 0 Å². The molecule has 0 bridgehead atoms. The van der Waals surface area contributed by atoms with Gasteiger partial charge in [0.25, 0.3) is 0 Å². The van der Waals surface area contributed by atoms with Crippen LogP contribution in [0, 0.1) is 0 Å². The zero-order valence-electron chi connectivity index (χ0n) is 6.16. The van der Waals surface area contributed by atoms with Crippen LogP contribution in [-0.2, 0) is 9.47 Å². The smallest absolute Gasteiger partial charge is 0.410 e. The number of rotatable bonds is 2. The van der Waals surface area contributed by atoms with E-state index in [1.807, 2.05) is 0 Å². The fourth-order valence-corrected chi connectivity index (χ4v) is 0.922. The lowest BCUT2D eigenvalue weighted by molar-refractivity contribution is 0.0715. The Labute approximate surface area is 59.7 Å². The van der Waals surface area contributed by atoms with Crippen molar-refractivity contribution in [1.29, 1.82) is 0 Å². The highest BCUT2D eigenvalue weighted by molar-refractivity contribution is 5.69. The lowest BCUT2D eigenvalue weighted by Crippen LogP contribution is -2.21. The van der Waals surface area contributed by atoms with Crippen LogP contribution < -0.4 is 0 Å². The van der Waals surface area contributed by atoms with Crippen LogP contribution in [0.25, 0.3) is 0 Å². The predicted octanol–water partition coefficient (Wildman–Crippen LogP) is 0.0834. The number of hydrogen-bond donors (Lipinski definition) is 0. The van der Waals surface area contributed by atoms with Crippen LogP contribution in [-0.4, -0.2) is 44.4 Å². The quantitative estimate of drug-likeness (QED) is 0.552. The Kier molecular flexibility index (Phi) is 2.11. The summed E-state index contributed by atoms with van der Waals surface area (Å²) in [4.78, 5) is 12.2. The van der Waals surface area contributed by atoms with Gasteiger partial charge in [-0.2, -0.15) is 0 Å². The summed E-state index contributed by atoms with van der Waals surface area (Å²) in [5, 5.41) is 0. The molecule has 1 fully saturated rings. The summed E-state index contributed by atoms with van der Waals surface area (Å²) in [7, 11) is 3.30. The van der Waals surface area contributed by atoms with E-state index >= 15 is 0 Å². The van der Waals surface area contributed by atoms with Crippen molar-refractivity contribution in [1.82, 2.24) is 4.90 Å². The zero-order chi connectivity index (χ0) is 7.56. The summed E-state index contributed by atoms with van der Waals surface area (Å²) >= 11 is 0. The molecule has 0 aliphatic carbocycles. The van der Waals surface area contributed by atoms with Gasteiger partial charge in [-0.05, 0) is 0 Å². The number of methoxy groups -OCH3 is 1. The van der Waals surface area contributed by atoms with E-state index in [1.165, 1.54) is 4.90 Å². The van der Waals surface area contributed by atoms with Crippen LogP contribution >= 0.6 is 0 Å². The van der Waals surface area contributed by atoms with Crippen molar-refractivity contribution in [2.75, 3.05) is 27.3 Å². The lowest BCUT2D eigenvalue weighted by Gasteiger charge is -2.04. The SMILES string of the molecule is COC[C@@H]1CN(C)C(=O)O1. The molecule has 1 aliphatic rings. The number of likely N-dealkylation sites (N-methyl/N-ethyl adjacent to an activating group) is 1. The molecule has 1 heterocycles. The molecular formula is C6H11NO3. The first-order valence-electron chi connectivity index (χ1n) is 3.14. The van der Waals surface area contributed by atoms with Gasteiger partial charge in [0.05, 0.1) is 13.2 Å². The third-order valence-corrected chi connectivity index (χ3v) is 1.41. The first-order valence-corrected chi connectivity index (χ1v) is 3.14. The third kappa shape index (κ3) is 1.39. The molecule has 4 nitrogen and oxygen atoms in total. The molecule has 1 amide bonds. The largest absolute Gasteiger partial charge is 0.442 e. The second kappa shape index (κ2) is 2.88. The van der Waals surface area contributed by atoms with Crippen molar-refractivity contribution in [3.63, 3.8) is 0 Å². The van der Waals surface area contributed by atoms with Crippen molar-refractivity contribution in [2.45, 2.75) is 6.10 Å². The summed E-state index contributed by atoms with van der Waals surface area (Å²) in [5.74, 6) is 0. The van der Waals surface area contributed by atoms with Gasteiger partial charge < -0.3 is 14.4 Å². The minimum atomic E-state index is -0.262. The summed E-state index contributed by atoms with van der Waals surface area (Å²) in [6.45, 7) is 1.11. The van der Waals surface area contributed by atoms with Gasteiger partial charge in [-0.3, -0.25) is 0 Å². The summed E-state index contributed by atoms with van der Waals surface area (Å²) < 4.78 is 9.69. The monoisotopic (exact) mass is 145 g/mol. The zero-order valence-corrected chi connectivity index (χ0v) is 6.16. The summed E-state index contributed by atoms with van der Waals surface area (Å²) in [6.07, 6.45) is -0.343. The lowest BCUT2D eigenvalue weighted by atomic mass is 10.4. The van der Waals surface area contributed by atoms with Crippen molar-refractivity contribution in [2.24, 2.45) is 0 Å². The van der Waals surface area contributed by atoms with Crippen LogP contribution in [0.2, 0.25) is 0 Å². The molecule has 0 saturated carbocycles. The van der Waals surface area contributed by atoms with Gasteiger partial charge in [0.1, 0.15) is 6.10 Å². The number of amides is 1. The van der Waals surface area contributed by atoms with E-state index in [-0.39, 0.29) is 12.2 Å². The normalized spacial score (nSPS) is 25.2. The Morgan fingerprint density at radius 3 is 3.00 bits per heavy atom. The Morgan fingerprint density at radius 1 is 1.90 bits per heavy atom. The van der Waals surface area contributed by atoms with Gasteiger partial charge >= 0.3 is 6.09 Å². The maximum Gasteiger partial charge on any atom is 0.410 e. The number of ether oxygens (including phenoxy) is 2. The van der Waals surface area contributed by atoms with E-state index < -0.39 is 0 Å². The molecule has 58 valence electrons. The van der Waals surface area contributed by atoms with Crippen molar-refractivity contribution in [3.05, 3.63) is 0 Å². The highest BCUT2D eigenvalue weighted by Gasteiger charge is 2.27. The average molecular weight is 145 g/mol. The minimum absolute atomic E-state index is 0.0810. The van der Waals surface area contributed by atoms with Gasteiger partial charge in [0.2, 0.25) is 0 Å². The Bertz CT molecular complexity index is 137. The van der Waals surface area contributed by atoms with Gasteiger partial charge in [-0.25, -0.2) is 4.79 Å². The molecule has 0 aromatic carbocycles. The van der Waals surface area contributed by atoms with Crippen molar-refractivity contribution >= 4 is 6.09 Å². The second-order valence-electron chi connectivity index (χ2n) is 2.34. The van der Waals surface area contributed by atoms with Gasteiger partial charge in [-0.15, -0.1) is 0 Å². The number of nitrogens with zero attached hydrogens (tertiary/aromatic N) is 1. The maximum atomic E-state index is 10.7. The predicted molar refractivity (Wildman–Crippen MR) is 34.8 cm³/mol. The molecule has 10 heavy (non-hydrogen) atoms. The van der Waals surface area contributed by atoms with Crippen LogP contribution in [0.15, 0.2) is 0 Å². The van der Waals surface area contributed by atoms with Gasteiger partial charge in [0.15, 0.2) is 0 Å². The van der Waals surface area contributed by atoms with E-state index in [2.05, 4.69) is 0 Å². The standard InChI is InChI=1S/C6H11NO3/c1-7-3-5(4-9-2)10-6(7)8/h5H,3-4H2,1-2H3/t5-/m0/s1. The highest BCUT2D eigenvalue weighted by atomic mass is 16.6. The molecule has 0 aromatic rings. The molecular weight excluding hydrogens is 134 g/mol. The minimum Gasteiger partial charge on any atom is -0.442 e. The molecule has 0 radical (unpaired) electrons. The molecule has 0 spiro atoms. The maximum absolute atomic E-state index is 10.7. The fraction of sp³-hybridized carbons (Fsp3) is 0.833. The van der Waals surface area contributed by atoms with E-state index in [0.717, 1.165) is 0 Å². The number of hydrogen-bond acceptors (Lipinski definition) is 3.